The van der Waals surface area contributed by atoms with E-state index in [-0.39, 0.29) is 5.91 Å². The molecule has 1 amide bonds. The van der Waals surface area contributed by atoms with Gasteiger partial charge in [-0.1, -0.05) is 19.8 Å². The number of carbonyl (C=O) groups excluding carboxylic acids is 1. The molecule has 0 spiro atoms. The van der Waals surface area contributed by atoms with E-state index in [9.17, 15) is 4.79 Å². The molecule has 4 nitrogen and oxygen atoms in total. The van der Waals surface area contributed by atoms with Gasteiger partial charge in [-0.05, 0) is 27.1 Å². The van der Waals surface area contributed by atoms with Crippen LogP contribution in [-0.2, 0) is 4.79 Å². The van der Waals surface area contributed by atoms with E-state index < -0.39 is 0 Å². The Bertz CT molecular complexity index is 172. The van der Waals surface area contributed by atoms with Crippen molar-refractivity contribution in [1.82, 2.24) is 15.5 Å². The number of nitrogens with zero attached hydrogens (tertiary/aromatic N) is 1. The predicted molar refractivity (Wildman–Crippen MR) is 68.6 cm³/mol. The van der Waals surface area contributed by atoms with Crippen LogP contribution in [0.5, 0.6) is 0 Å². The van der Waals surface area contributed by atoms with Crippen molar-refractivity contribution >= 4 is 5.91 Å². The molecule has 0 aliphatic rings. The Kier molecular flexibility index (Phi) is 10.5. The number of hydrogen-bond donors (Lipinski definition) is 2. The fourth-order valence-electron chi connectivity index (χ4n) is 1.33. The summed E-state index contributed by atoms with van der Waals surface area (Å²) in [7, 11) is 4.00. The first-order valence-corrected chi connectivity index (χ1v) is 6.29. The number of likely N-dealkylation sites (N-methyl/N-ethyl adjacent to an activating group) is 1. The zero-order valence-electron chi connectivity index (χ0n) is 11.0. The second-order valence-electron chi connectivity index (χ2n) is 4.36. The van der Waals surface area contributed by atoms with Gasteiger partial charge in [0.2, 0.25) is 5.91 Å². The molecule has 16 heavy (non-hydrogen) atoms. The lowest BCUT2D eigenvalue weighted by atomic mass is 10.2. The lowest BCUT2D eigenvalue weighted by Crippen LogP contribution is -2.33. The van der Waals surface area contributed by atoms with Crippen molar-refractivity contribution in [3.8, 4) is 0 Å². The minimum atomic E-state index is 0.143. The molecule has 0 saturated heterocycles. The molecule has 0 saturated carbocycles. The van der Waals surface area contributed by atoms with Gasteiger partial charge >= 0.3 is 0 Å². The summed E-state index contributed by atoms with van der Waals surface area (Å²) in [4.78, 5) is 13.4. The summed E-state index contributed by atoms with van der Waals surface area (Å²) in [5.41, 5.74) is 0. The van der Waals surface area contributed by atoms with Gasteiger partial charge < -0.3 is 15.5 Å². The summed E-state index contributed by atoms with van der Waals surface area (Å²) < 4.78 is 0. The maximum atomic E-state index is 11.3. The molecule has 0 aromatic heterocycles. The Morgan fingerprint density at radius 1 is 1.12 bits per heavy atom. The zero-order valence-corrected chi connectivity index (χ0v) is 11.0. The van der Waals surface area contributed by atoms with Crippen LogP contribution in [-0.4, -0.2) is 51.1 Å². The van der Waals surface area contributed by atoms with Crippen molar-refractivity contribution in [2.75, 3.05) is 40.3 Å². The summed E-state index contributed by atoms with van der Waals surface area (Å²) in [6.07, 6.45) is 4.30. The molecule has 0 aromatic carbocycles. The topological polar surface area (TPSA) is 44.4 Å². The smallest absolute Gasteiger partial charge is 0.221 e. The van der Waals surface area contributed by atoms with Crippen LogP contribution in [0.3, 0.4) is 0 Å². The molecular weight excluding hydrogens is 202 g/mol. The summed E-state index contributed by atoms with van der Waals surface area (Å²) in [5, 5.41) is 6.17. The van der Waals surface area contributed by atoms with Gasteiger partial charge in [-0.3, -0.25) is 4.79 Å². The highest BCUT2D eigenvalue weighted by Crippen LogP contribution is 1.90. The van der Waals surface area contributed by atoms with Gasteiger partial charge in [-0.25, -0.2) is 0 Å². The van der Waals surface area contributed by atoms with Gasteiger partial charge in [0.15, 0.2) is 0 Å². The third kappa shape index (κ3) is 11.5. The predicted octanol–water partition coefficient (Wildman–Crippen LogP) is 0.834. The first kappa shape index (κ1) is 15.4. The SMILES string of the molecule is CCCCCNCCC(=O)NCCN(C)C. The molecule has 0 radical (unpaired) electrons. The monoisotopic (exact) mass is 229 g/mol. The van der Waals surface area contributed by atoms with Crippen LogP contribution in [0.1, 0.15) is 32.6 Å². The number of hydrogen-bond acceptors (Lipinski definition) is 3. The largest absolute Gasteiger partial charge is 0.355 e. The number of unbranched alkanes of at least 4 members (excludes halogenated alkanes) is 2. The molecular formula is C12H27N3O. The quantitative estimate of drug-likeness (QED) is 0.546. The first-order valence-electron chi connectivity index (χ1n) is 6.29. The van der Waals surface area contributed by atoms with Crippen LogP contribution in [0.2, 0.25) is 0 Å². The third-order valence-corrected chi connectivity index (χ3v) is 2.37. The van der Waals surface area contributed by atoms with Gasteiger partial charge in [-0.2, -0.15) is 0 Å². The minimum absolute atomic E-state index is 0.143. The third-order valence-electron chi connectivity index (χ3n) is 2.37. The van der Waals surface area contributed by atoms with Crippen molar-refractivity contribution in [2.24, 2.45) is 0 Å². The van der Waals surface area contributed by atoms with Gasteiger partial charge in [0.25, 0.3) is 0 Å². The zero-order chi connectivity index (χ0) is 12.2. The fourth-order valence-corrected chi connectivity index (χ4v) is 1.33. The van der Waals surface area contributed by atoms with E-state index in [0.717, 1.165) is 26.2 Å². The summed E-state index contributed by atoms with van der Waals surface area (Å²) >= 11 is 0. The number of amides is 1. The van der Waals surface area contributed by atoms with Gasteiger partial charge in [0.05, 0.1) is 0 Å². The Morgan fingerprint density at radius 2 is 1.88 bits per heavy atom. The van der Waals surface area contributed by atoms with Crippen molar-refractivity contribution in [3.63, 3.8) is 0 Å². The van der Waals surface area contributed by atoms with Crippen molar-refractivity contribution < 1.29 is 4.79 Å². The van der Waals surface area contributed by atoms with Crippen molar-refractivity contribution in [3.05, 3.63) is 0 Å². The average Bonchev–Trinajstić information content (AvgIpc) is 2.22. The molecule has 2 N–H and O–H groups in total. The van der Waals surface area contributed by atoms with E-state index >= 15 is 0 Å². The second-order valence-corrected chi connectivity index (χ2v) is 4.36. The van der Waals surface area contributed by atoms with Crippen LogP contribution in [0.4, 0.5) is 0 Å². The van der Waals surface area contributed by atoms with Crippen LogP contribution >= 0.6 is 0 Å². The number of nitrogens with one attached hydrogen (secondary N) is 2. The van der Waals surface area contributed by atoms with Crippen LogP contribution in [0.25, 0.3) is 0 Å². The Labute approximate surface area is 99.8 Å². The van der Waals surface area contributed by atoms with Crippen LogP contribution in [0, 0.1) is 0 Å². The highest BCUT2D eigenvalue weighted by Gasteiger charge is 1.99. The Hall–Kier alpha value is -0.610. The Morgan fingerprint density at radius 3 is 2.50 bits per heavy atom. The second kappa shape index (κ2) is 10.9. The van der Waals surface area contributed by atoms with E-state index in [1.807, 2.05) is 14.1 Å². The number of carbonyl (C=O) groups is 1. The van der Waals surface area contributed by atoms with E-state index in [1.54, 1.807) is 0 Å². The lowest BCUT2D eigenvalue weighted by molar-refractivity contribution is -0.121. The first-order chi connectivity index (χ1) is 7.66. The maximum absolute atomic E-state index is 11.3. The maximum Gasteiger partial charge on any atom is 0.221 e. The van der Waals surface area contributed by atoms with Crippen LogP contribution < -0.4 is 10.6 Å². The molecule has 96 valence electrons. The Balaban J connectivity index is 3.17. The summed E-state index contributed by atoms with van der Waals surface area (Å²) in [5.74, 6) is 0.143. The molecule has 0 aliphatic carbocycles. The van der Waals surface area contributed by atoms with Gasteiger partial charge in [-0.15, -0.1) is 0 Å². The van der Waals surface area contributed by atoms with Gasteiger partial charge in [0.1, 0.15) is 0 Å². The van der Waals surface area contributed by atoms with E-state index in [4.69, 9.17) is 0 Å². The highest BCUT2D eigenvalue weighted by atomic mass is 16.1. The molecule has 0 unspecified atom stereocenters. The standard InChI is InChI=1S/C12H27N3O/c1-4-5-6-8-13-9-7-12(16)14-10-11-15(2)3/h13H,4-11H2,1-3H3,(H,14,16). The van der Waals surface area contributed by atoms with E-state index in [1.165, 1.54) is 19.3 Å². The van der Waals surface area contributed by atoms with Crippen LogP contribution in [0.15, 0.2) is 0 Å². The molecule has 0 aromatic rings. The van der Waals surface area contributed by atoms with Crippen molar-refractivity contribution in [2.45, 2.75) is 32.6 Å². The molecule has 0 aliphatic heterocycles. The minimum Gasteiger partial charge on any atom is -0.355 e. The average molecular weight is 229 g/mol. The van der Waals surface area contributed by atoms with Gasteiger partial charge in [0, 0.05) is 26.1 Å². The molecule has 0 atom stereocenters. The molecule has 0 bridgehead atoms. The number of rotatable bonds is 10. The van der Waals surface area contributed by atoms with E-state index in [2.05, 4.69) is 22.5 Å². The van der Waals surface area contributed by atoms with Crippen molar-refractivity contribution in [1.29, 1.82) is 0 Å². The highest BCUT2D eigenvalue weighted by molar-refractivity contribution is 5.76. The lowest BCUT2D eigenvalue weighted by Gasteiger charge is -2.10. The summed E-state index contributed by atoms with van der Waals surface area (Å²) in [6, 6.07) is 0. The normalized spacial score (nSPS) is 10.8. The fraction of sp³-hybridized carbons (Fsp3) is 0.917. The van der Waals surface area contributed by atoms with E-state index in [0.29, 0.717) is 6.42 Å². The molecule has 4 heteroatoms. The molecule has 0 rings (SSSR count). The molecule has 0 fully saturated rings. The molecule has 0 heterocycles. The summed E-state index contributed by atoms with van der Waals surface area (Å²) in [6.45, 7) is 5.64.